The van der Waals surface area contributed by atoms with E-state index in [2.05, 4.69) is 0 Å². The number of piperidine rings is 1. The third-order valence-corrected chi connectivity index (χ3v) is 3.45. The largest absolute Gasteiger partial charge is 0.493 e. The fraction of sp³-hybridized carbons (Fsp3) is 0.684. The van der Waals surface area contributed by atoms with E-state index in [0.29, 0.717) is 0 Å². The van der Waals surface area contributed by atoms with Crippen molar-refractivity contribution in [3.8, 4) is 11.5 Å². The highest BCUT2D eigenvalue weighted by molar-refractivity contribution is 5.49. The number of nitrogens with zero attached hydrogens (tertiary/aromatic N) is 1. The first kappa shape index (κ1) is 4.67. The standard InChI is InChI=1S/C19H29NO3/c1-12(2)7-14-11-20-6-5-13-8-18(22-3)19(23-4)9-15(13)16(20)10-17(14)21/h8-9,12,14,16-17,21H,5-7,10-11H2,1-4H3/i1D3,2D3,3D3,5D2,6D2,7D2,8D,9D,11D2,12D,16D. The number of hydrogen-bond acceptors (Lipinski definition) is 4. The summed E-state index contributed by atoms with van der Waals surface area (Å²) in [6.45, 7) is -15.7. The van der Waals surface area contributed by atoms with Gasteiger partial charge in [-0.3, -0.25) is 4.90 Å². The van der Waals surface area contributed by atoms with Crippen molar-refractivity contribution in [2.45, 2.75) is 45.0 Å². The zero-order valence-corrected chi connectivity index (χ0v) is 12.1. The molecular formula is C19H29NO3. The van der Waals surface area contributed by atoms with E-state index in [9.17, 15) is 6.48 Å². The van der Waals surface area contributed by atoms with Gasteiger partial charge < -0.3 is 14.6 Å². The van der Waals surface area contributed by atoms with Crippen molar-refractivity contribution in [2.75, 3.05) is 27.1 Å². The molecule has 0 bridgehead atoms. The van der Waals surface area contributed by atoms with Gasteiger partial charge in [-0.15, -0.1) is 0 Å². The van der Waals surface area contributed by atoms with Gasteiger partial charge in [-0.2, -0.15) is 0 Å². The van der Waals surface area contributed by atoms with Crippen LogP contribution in [0.2, 0.25) is 0 Å². The van der Waals surface area contributed by atoms with Gasteiger partial charge in [0, 0.05) is 39.6 Å². The van der Waals surface area contributed by atoms with Crippen LogP contribution in [0.25, 0.3) is 0 Å². The maximum Gasteiger partial charge on any atom is 0.161 e. The van der Waals surface area contributed by atoms with E-state index in [0.717, 1.165) is 7.11 Å². The lowest BCUT2D eigenvalue weighted by molar-refractivity contribution is -0.0191. The lowest BCUT2D eigenvalue weighted by Gasteiger charge is -2.46. The van der Waals surface area contributed by atoms with Crippen LogP contribution in [0.1, 0.15) is 72.4 Å². The molecule has 1 aromatic rings. The molecule has 2 heterocycles. The fourth-order valence-electron chi connectivity index (χ4n) is 2.41. The Morgan fingerprint density at radius 2 is 2.39 bits per heavy atom. The van der Waals surface area contributed by atoms with Crippen molar-refractivity contribution in [3.63, 3.8) is 0 Å². The second kappa shape index (κ2) is 6.70. The Labute approximate surface area is 168 Å². The van der Waals surface area contributed by atoms with E-state index in [1.807, 2.05) is 0 Å². The minimum absolute atomic E-state index is 0.217. The first-order valence-corrected chi connectivity index (χ1v) is 6.62. The molecule has 0 spiro atoms. The Kier molecular flexibility index (Phi) is 1.36. The lowest BCUT2D eigenvalue weighted by atomic mass is 9.79. The van der Waals surface area contributed by atoms with Crippen LogP contribution in [0.3, 0.4) is 0 Å². The quantitative estimate of drug-likeness (QED) is 0.915. The number of fused-ring (bicyclic) bond motifs is 3. The smallest absolute Gasteiger partial charge is 0.161 e. The number of hydrogen-bond donors (Lipinski definition) is 1. The summed E-state index contributed by atoms with van der Waals surface area (Å²) in [4.78, 5) is -0.217. The lowest BCUT2D eigenvalue weighted by Crippen LogP contribution is -2.48. The molecule has 3 unspecified atom stereocenters. The summed E-state index contributed by atoms with van der Waals surface area (Å²) in [6, 6.07) is -5.38. The molecule has 1 aromatic carbocycles. The van der Waals surface area contributed by atoms with E-state index in [1.54, 1.807) is 0 Å². The van der Waals surface area contributed by atoms with Gasteiger partial charge in [0.1, 0.15) is 0 Å². The molecule has 2 aliphatic rings. The van der Waals surface area contributed by atoms with Crippen LogP contribution in [0.5, 0.6) is 11.5 Å². The molecule has 3 atom stereocenters. The van der Waals surface area contributed by atoms with E-state index in [4.69, 9.17) is 36.9 Å². The van der Waals surface area contributed by atoms with E-state index < -0.39 is 112 Å². The number of rotatable bonds is 4. The molecule has 1 N–H and O–H groups in total. The molecule has 2 aliphatic heterocycles. The average molecular weight is 341 g/mol. The summed E-state index contributed by atoms with van der Waals surface area (Å²) in [5.41, 5.74) is -2.12. The van der Waals surface area contributed by atoms with Crippen LogP contribution >= 0.6 is 0 Å². The van der Waals surface area contributed by atoms with Crippen LogP contribution in [0.15, 0.2) is 12.1 Å². The molecule has 1 fully saturated rings. The third-order valence-electron chi connectivity index (χ3n) is 3.45. The number of benzene rings is 1. The van der Waals surface area contributed by atoms with Gasteiger partial charge >= 0.3 is 0 Å². The third kappa shape index (κ3) is 3.20. The summed E-state index contributed by atoms with van der Waals surface area (Å²) >= 11 is 0. The summed E-state index contributed by atoms with van der Waals surface area (Å²) in [5.74, 6) is -8.95. The zero-order chi connectivity index (χ0) is 34.8. The number of methoxy groups -OCH3 is 2. The molecule has 0 saturated carbocycles. The molecule has 0 amide bonds. The van der Waals surface area contributed by atoms with Gasteiger partial charge in [0.25, 0.3) is 0 Å². The second-order valence-electron chi connectivity index (χ2n) is 4.88. The number of ether oxygens (including phenoxy) is 2. The molecular weight excluding hydrogens is 290 g/mol. The number of aliphatic hydroxyl groups excluding tert-OH is 1. The van der Waals surface area contributed by atoms with Crippen LogP contribution in [-0.4, -0.2) is 43.3 Å². The Bertz CT molecular complexity index is 1300. The Balaban J connectivity index is 2.49. The Morgan fingerprint density at radius 1 is 1.57 bits per heavy atom. The highest BCUT2D eigenvalue weighted by atomic mass is 16.5. The van der Waals surface area contributed by atoms with Crippen molar-refractivity contribution in [3.05, 3.63) is 23.2 Å². The van der Waals surface area contributed by atoms with Gasteiger partial charge in [-0.25, -0.2) is 0 Å². The topological polar surface area (TPSA) is 41.9 Å². The predicted octanol–water partition coefficient (Wildman–Crippen LogP) is 3.03. The summed E-state index contributed by atoms with van der Waals surface area (Å²) < 4.78 is 183. The van der Waals surface area contributed by atoms with Crippen molar-refractivity contribution < 1.29 is 43.4 Å². The summed E-state index contributed by atoms with van der Waals surface area (Å²) in [5, 5.41) is 11.2. The van der Waals surface area contributed by atoms with Gasteiger partial charge in [-0.1, -0.05) is 13.7 Å². The fourth-order valence-corrected chi connectivity index (χ4v) is 2.41. The summed E-state index contributed by atoms with van der Waals surface area (Å²) in [7, 11) is -2.39. The normalized spacial score (nSPS) is 53.4. The maximum absolute atomic E-state index is 11.2. The Hall–Kier alpha value is -1.26. The van der Waals surface area contributed by atoms with E-state index in [-0.39, 0.29) is 4.90 Å². The SMILES string of the molecule is [2H]c1c(OC)c(OC([2H])([2H])[2H])c([2H])c2c1C1([2H])CC(O)C(C([2H])([2H])C([2H])(C([2H])([2H])[2H])C([2H])([2H])[2H])C([2H])([2H])N1C([2H])([2H])C2([2H])[2H]. The van der Waals surface area contributed by atoms with Crippen molar-refractivity contribution in [2.24, 2.45) is 11.8 Å². The van der Waals surface area contributed by atoms with Crippen LogP contribution < -0.4 is 9.47 Å². The van der Waals surface area contributed by atoms with Gasteiger partial charge in [-0.05, 0) is 54.2 Å². The molecule has 4 heteroatoms. The molecule has 128 valence electrons. The molecule has 3 rings (SSSR count). The molecule has 0 aromatic heterocycles. The molecule has 1 saturated heterocycles. The average Bonchev–Trinajstić information content (AvgIpc) is 2.75. The van der Waals surface area contributed by atoms with Gasteiger partial charge in [0.05, 0.1) is 28.5 Å². The van der Waals surface area contributed by atoms with Crippen LogP contribution in [0, 0.1) is 11.8 Å². The first-order valence-electron chi connectivity index (χ1n) is 17.1. The Morgan fingerprint density at radius 3 is 3.13 bits per heavy atom. The van der Waals surface area contributed by atoms with Crippen molar-refractivity contribution in [1.82, 2.24) is 4.90 Å². The van der Waals surface area contributed by atoms with E-state index >= 15 is 0 Å². The van der Waals surface area contributed by atoms with Crippen molar-refractivity contribution >= 4 is 0 Å². The highest BCUT2D eigenvalue weighted by Gasteiger charge is 2.38. The predicted molar refractivity (Wildman–Crippen MR) is 91.1 cm³/mol. The highest BCUT2D eigenvalue weighted by Crippen LogP contribution is 2.43. The minimum atomic E-state index is -4.15. The second-order valence-corrected chi connectivity index (χ2v) is 4.88. The van der Waals surface area contributed by atoms with Gasteiger partial charge in [0.2, 0.25) is 0 Å². The maximum atomic E-state index is 11.2. The van der Waals surface area contributed by atoms with Crippen LogP contribution in [0.4, 0.5) is 0 Å². The monoisotopic (exact) mass is 340 g/mol. The van der Waals surface area contributed by atoms with Crippen LogP contribution in [-0.2, 0) is 6.37 Å². The molecule has 23 heavy (non-hydrogen) atoms. The molecule has 4 nitrogen and oxygen atoms in total. The molecule has 0 aliphatic carbocycles. The van der Waals surface area contributed by atoms with Gasteiger partial charge in [0.15, 0.2) is 11.5 Å². The minimum Gasteiger partial charge on any atom is -0.493 e. The number of aliphatic hydroxyl groups is 1. The summed E-state index contributed by atoms with van der Waals surface area (Å²) in [6.07, 6.45) is -11.6. The zero-order valence-electron chi connectivity index (χ0n) is 33.1. The molecule has 0 radical (unpaired) electrons. The first-order chi connectivity index (χ1) is 19.2. The van der Waals surface area contributed by atoms with E-state index in [1.165, 1.54) is 0 Å². The van der Waals surface area contributed by atoms with Crippen molar-refractivity contribution in [1.29, 1.82) is 0 Å².